The van der Waals surface area contributed by atoms with Gasteiger partial charge in [0.1, 0.15) is 16.4 Å². The van der Waals surface area contributed by atoms with E-state index >= 15 is 0 Å². The lowest BCUT2D eigenvalue weighted by Gasteiger charge is -2.07. The van der Waals surface area contributed by atoms with Gasteiger partial charge in [-0.15, -0.1) is 0 Å². The molecule has 0 spiro atoms. The zero-order valence-corrected chi connectivity index (χ0v) is 12.9. The highest BCUT2D eigenvalue weighted by atomic mass is 32.2. The number of rotatable bonds is 8. The Morgan fingerprint density at radius 3 is 2.63 bits per heavy atom. The zero-order chi connectivity index (χ0) is 14.5. The van der Waals surface area contributed by atoms with E-state index in [0.717, 1.165) is 13.0 Å². The standard InChI is InChI=1S/C13H24N2O3S/c1-5-14-9-12-8-13(11(4)18-12)19(16,17)15-7-6-10(2)3/h8,10,14-15H,5-7,9H2,1-4H3. The summed E-state index contributed by atoms with van der Waals surface area (Å²) < 4.78 is 32.3. The third kappa shape index (κ3) is 4.97. The summed E-state index contributed by atoms with van der Waals surface area (Å²) in [7, 11) is -3.46. The third-order valence-electron chi connectivity index (χ3n) is 2.78. The summed E-state index contributed by atoms with van der Waals surface area (Å²) in [5.74, 6) is 1.55. The minimum absolute atomic E-state index is 0.240. The van der Waals surface area contributed by atoms with Crippen LogP contribution in [0.1, 0.15) is 38.7 Å². The molecule has 0 fully saturated rings. The van der Waals surface area contributed by atoms with Gasteiger partial charge in [-0.1, -0.05) is 20.8 Å². The van der Waals surface area contributed by atoms with E-state index < -0.39 is 10.0 Å². The van der Waals surface area contributed by atoms with E-state index in [1.54, 1.807) is 13.0 Å². The van der Waals surface area contributed by atoms with Crippen LogP contribution in [0, 0.1) is 12.8 Å². The molecule has 1 heterocycles. The van der Waals surface area contributed by atoms with Crippen LogP contribution >= 0.6 is 0 Å². The number of hydrogen-bond donors (Lipinski definition) is 2. The van der Waals surface area contributed by atoms with Crippen molar-refractivity contribution in [3.63, 3.8) is 0 Å². The molecule has 0 aliphatic carbocycles. The molecule has 0 aliphatic heterocycles. The minimum atomic E-state index is -3.46. The van der Waals surface area contributed by atoms with Crippen LogP contribution in [0.3, 0.4) is 0 Å². The Morgan fingerprint density at radius 1 is 1.37 bits per heavy atom. The molecule has 0 saturated carbocycles. The van der Waals surface area contributed by atoms with Crippen molar-refractivity contribution in [2.45, 2.75) is 45.6 Å². The van der Waals surface area contributed by atoms with Gasteiger partial charge in [0.25, 0.3) is 0 Å². The van der Waals surface area contributed by atoms with Crippen LogP contribution in [0.25, 0.3) is 0 Å². The molecule has 0 aromatic carbocycles. The summed E-state index contributed by atoms with van der Waals surface area (Å²) in [6, 6.07) is 1.59. The number of furan rings is 1. The Kier molecular flexibility index (Phi) is 6.03. The highest BCUT2D eigenvalue weighted by Gasteiger charge is 2.20. The van der Waals surface area contributed by atoms with Crippen LogP contribution in [0.5, 0.6) is 0 Å². The van der Waals surface area contributed by atoms with Crippen molar-refractivity contribution in [2.24, 2.45) is 5.92 Å². The average molecular weight is 288 g/mol. The molecule has 110 valence electrons. The van der Waals surface area contributed by atoms with Gasteiger partial charge in [0.05, 0.1) is 6.54 Å². The average Bonchev–Trinajstić information content (AvgIpc) is 2.68. The molecule has 0 aliphatic rings. The molecule has 1 aromatic heterocycles. The van der Waals surface area contributed by atoms with Crippen LogP contribution < -0.4 is 10.0 Å². The largest absolute Gasteiger partial charge is 0.464 e. The van der Waals surface area contributed by atoms with E-state index in [9.17, 15) is 8.42 Å². The lowest BCUT2D eigenvalue weighted by molar-refractivity contribution is 0.460. The van der Waals surface area contributed by atoms with E-state index in [1.165, 1.54) is 0 Å². The van der Waals surface area contributed by atoms with Gasteiger partial charge in [0.15, 0.2) is 0 Å². The van der Waals surface area contributed by atoms with Crippen molar-refractivity contribution in [2.75, 3.05) is 13.1 Å². The molecule has 6 heteroatoms. The second-order valence-corrected chi connectivity index (χ2v) is 6.73. The molecular weight excluding hydrogens is 264 g/mol. The molecule has 0 bridgehead atoms. The first-order valence-corrected chi connectivity index (χ1v) is 8.14. The van der Waals surface area contributed by atoms with Crippen LogP contribution in [-0.2, 0) is 16.6 Å². The maximum absolute atomic E-state index is 12.1. The van der Waals surface area contributed by atoms with Gasteiger partial charge in [-0.05, 0) is 25.8 Å². The van der Waals surface area contributed by atoms with Crippen LogP contribution in [0.2, 0.25) is 0 Å². The summed E-state index contributed by atoms with van der Waals surface area (Å²) in [4.78, 5) is 0.240. The topological polar surface area (TPSA) is 71.3 Å². The summed E-state index contributed by atoms with van der Waals surface area (Å²) >= 11 is 0. The van der Waals surface area contributed by atoms with Crippen molar-refractivity contribution in [1.82, 2.24) is 10.0 Å². The molecule has 0 radical (unpaired) electrons. The van der Waals surface area contributed by atoms with Gasteiger partial charge >= 0.3 is 0 Å². The van der Waals surface area contributed by atoms with E-state index in [4.69, 9.17) is 4.42 Å². The summed E-state index contributed by atoms with van der Waals surface area (Å²) in [5.41, 5.74) is 0. The molecule has 1 rings (SSSR count). The van der Waals surface area contributed by atoms with E-state index in [2.05, 4.69) is 23.9 Å². The van der Waals surface area contributed by atoms with Gasteiger partial charge in [-0.3, -0.25) is 0 Å². The predicted molar refractivity (Wildman–Crippen MR) is 75.5 cm³/mol. The number of aryl methyl sites for hydroxylation is 1. The van der Waals surface area contributed by atoms with Crippen LogP contribution in [0.4, 0.5) is 0 Å². The first-order chi connectivity index (χ1) is 8.86. The fourth-order valence-corrected chi connectivity index (χ4v) is 2.93. The summed E-state index contributed by atoms with van der Waals surface area (Å²) in [6.07, 6.45) is 0.820. The molecule has 0 unspecified atom stereocenters. The SMILES string of the molecule is CCNCc1cc(S(=O)(=O)NCCC(C)C)c(C)o1. The first kappa shape index (κ1) is 16.2. The van der Waals surface area contributed by atoms with Crippen LogP contribution in [0.15, 0.2) is 15.4 Å². The molecule has 2 N–H and O–H groups in total. The van der Waals surface area contributed by atoms with Crippen molar-refractivity contribution in [3.8, 4) is 0 Å². The molecular formula is C13H24N2O3S. The summed E-state index contributed by atoms with van der Waals surface area (Å²) in [6.45, 7) is 9.59. The smallest absolute Gasteiger partial charge is 0.244 e. The van der Waals surface area contributed by atoms with Gasteiger partial charge in [0.2, 0.25) is 10.0 Å². The van der Waals surface area contributed by atoms with Gasteiger partial charge in [-0.25, -0.2) is 13.1 Å². The molecule has 0 saturated heterocycles. The van der Waals surface area contributed by atoms with Crippen molar-refractivity contribution in [3.05, 3.63) is 17.6 Å². The van der Waals surface area contributed by atoms with Gasteiger partial charge < -0.3 is 9.73 Å². The maximum atomic E-state index is 12.1. The second-order valence-electron chi connectivity index (χ2n) is 4.99. The molecule has 1 aromatic rings. The summed E-state index contributed by atoms with van der Waals surface area (Å²) in [5, 5.41) is 3.11. The Morgan fingerprint density at radius 2 is 2.05 bits per heavy atom. The lowest BCUT2D eigenvalue weighted by Crippen LogP contribution is -2.25. The van der Waals surface area contributed by atoms with E-state index in [1.807, 2.05) is 6.92 Å². The normalized spacial score (nSPS) is 12.3. The Hall–Kier alpha value is -0.850. The Labute approximate surface area is 115 Å². The quantitative estimate of drug-likeness (QED) is 0.767. The second kappa shape index (κ2) is 7.07. The van der Waals surface area contributed by atoms with Gasteiger partial charge in [0, 0.05) is 12.6 Å². The van der Waals surface area contributed by atoms with E-state index in [-0.39, 0.29) is 4.90 Å². The number of nitrogens with one attached hydrogen (secondary N) is 2. The first-order valence-electron chi connectivity index (χ1n) is 6.66. The Balaban J connectivity index is 2.74. The monoisotopic (exact) mass is 288 g/mol. The predicted octanol–water partition coefficient (Wildman–Crippen LogP) is 2.02. The molecule has 5 nitrogen and oxygen atoms in total. The number of hydrogen-bond acceptors (Lipinski definition) is 4. The van der Waals surface area contributed by atoms with Crippen LogP contribution in [-0.4, -0.2) is 21.5 Å². The third-order valence-corrected chi connectivity index (χ3v) is 4.34. The highest BCUT2D eigenvalue weighted by molar-refractivity contribution is 7.89. The number of sulfonamides is 1. The van der Waals surface area contributed by atoms with Gasteiger partial charge in [-0.2, -0.15) is 0 Å². The van der Waals surface area contributed by atoms with Crippen molar-refractivity contribution in [1.29, 1.82) is 0 Å². The molecule has 0 amide bonds. The fraction of sp³-hybridized carbons (Fsp3) is 0.692. The van der Waals surface area contributed by atoms with Crippen molar-refractivity contribution >= 4 is 10.0 Å². The highest BCUT2D eigenvalue weighted by Crippen LogP contribution is 2.19. The maximum Gasteiger partial charge on any atom is 0.244 e. The Bertz CT molecular complexity index is 492. The zero-order valence-electron chi connectivity index (χ0n) is 12.1. The molecule has 19 heavy (non-hydrogen) atoms. The minimum Gasteiger partial charge on any atom is -0.464 e. The molecule has 0 atom stereocenters. The van der Waals surface area contributed by atoms with Crippen molar-refractivity contribution < 1.29 is 12.8 Å². The fourth-order valence-electron chi connectivity index (χ4n) is 1.69. The lowest BCUT2D eigenvalue weighted by atomic mass is 10.1. The van der Waals surface area contributed by atoms with E-state index in [0.29, 0.717) is 30.5 Å².